The fourth-order valence-corrected chi connectivity index (χ4v) is 5.76. The van der Waals surface area contributed by atoms with Crippen LogP contribution in [0.1, 0.15) is 36.6 Å². The van der Waals surface area contributed by atoms with Crippen molar-refractivity contribution in [2.45, 2.75) is 43.2 Å². The predicted octanol–water partition coefficient (Wildman–Crippen LogP) is 3.81. The zero-order chi connectivity index (χ0) is 20.6. The van der Waals surface area contributed by atoms with Gasteiger partial charge >= 0.3 is 5.97 Å². The first-order chi connectivity index (χ1) is 13.9. The van der Waals surface area contributed by atoms with Crippen molar-refractivity contribution in [1.29, 1.82) is 0 Å². The highest BCUT2D eigenvalue weighted by atomic mass is 32.2. The van der Waals surface area contributed by atoms with Crippen LogP contribution in [0, 0.1) is 0 Å². The van der Waals surface area contributed by atoms with Crippen LogP contribution in [0.3, 0.4) is 0 Å². The van der Waals surface area contributed by atoms with Crippen LogP contribution in [-0.2, 0) is 27.8 Å². The van der Waals surface area contributed by atoms with Gasteiger partial charge in [-0.25, -0.2) is 8.42 Å². The predicted molar refractivity (Wildman–Crippen MR) is 111 cm³/mol. The number of aryl methyl sites for hydroxylation is 1. The zero-order valence-corrected chi connectivity index (χ0v) is 17.1. The Labute approximate surface area is 170 Å². The lowest BCUT2D eigenvalue weighted by Crippen LogP contribution is -2.33. The van der Waals surface area contributed by atoms with Crippen molar-refractivity contribution in [2.24, 2.45) is 0 Å². The number of carbonyl (C=O) groups is 1. The number of hydrogen-bond donors (Lipinski definition) is 1. The van der Waals surface area contributed by atoms with Crippen LogP contribution in [0.5, 0.6) is 0 Å². The van der Waals surface area contributed by atoms with Gasteiger partial charge in [-0.1, -0.05) is 36.4 Å². The molecule has 0 amide bonds. The number of aliphatic carboxylic acids is 1. The number of para-hydroxylation sites is 1. The van der Waals surface area contributed by atoms with E-state index in [4.69, 9.17) is 5.11 Å². The zero-order valence-electron chi connectivity index (χ0n) is 16.3. The van der Waals surface area contributed by atoms with Crippen molar-refractivity contribution >= 4 is 26.9 Å². The highest BCUT2D eigenvalue weighted by Crippen LogP contribution is 2.42. The minimum atomic E-state index is -3.64. The van der Waals surface area contributed by atoms with E-state index in [0.717, 1.165) is 41.4 Å². The Balaban J connectivity index is 1.83. The molecule has 0 saturated heterocycles. The third kappa shape index (κ3) is 3.45. The average molecular weight is 413 g/mol. The number of carboxylic acids is 1. The van der Waals surface area contributed by atoms with Gasteiger partial charge in [0.05, 0.1) is 17.4 Å². The number of sulfonamides is 1. The second kappa shape index (κ2) is 7.65. The summed E-state index contributed by atoms with van der Waals surface area (Å²) in [5.74, 6) is -0.840. The number of nitrogens with zero attached hydrogens (tertiary/aromatic N) is 2. The highest BCUT2D eigenvalue weighted by molar-refractivity contribution is 7.89. The van der Waals surface area contributed by atoms with E-state index in [2.05, 4.69) is 4.57 Å². The third-order valence-corrected chi connectivity index (χ3v) is 7.64. The van der Waals surface area contributed by atoms with Crippen LogP contribution in [-0.4, -0.2) is 35.4 Å². The molecule has 1 N–H and O–H groups in total. The molecule has 1 aliphatic carbocycles. The van der Waals surface area contributed by atoms with E-state index >= 15 is 0 Å². The van der Waals surface area contributed by atoms with Gasteiger partial charge in [-0.15, -0.1) is 0 Å². The van der Waals surface area contributed by atoms with E-state index < -0.39 is 16.0 Å². The van der Waals surface area contributed by atoms with Crippen molar-refractivity contribution in [3.63, 3.8) is 0 Å². The molecule has 29 heavy (non-hydrogen) atoms. The summed E-state index contributed by atoms with van der Waals surface area (Å²) >= 11 is 0. The number of benzene rings is 2. The van der Waals surface area contributed by atoms with Crippen molar-refractivity contribution in [3.8, 4) is 0 Å². The average Bonchev–Trinajstić information content (AvgIpc) is 3.06. The molecule has 0 aliphatic heterocycles. The van der Waals surface area contributed by atoms with Gasteiger partial charge in [0.1, 0.15) is 0 Å². The van der Waals surface area contributed by atoms with E-state index in [1.807, 2.05) is 24.3 Å². The molecule has 0 fully saturated rings. The molecule has 1 aromatic heterocycles. The monoisotopic (exact) mass is 412 g/mol. The van der Waals surface area contributed by atoms with E-state index in [1.165, 1.54) is 4.31 Å². The third-order valence-electron chi connectivity index (χ3n) is 5.75. The number of carboxylic acid groups (broad SMARTS) is 1. The number of hydrogen-bond acceptors (Lipinski definition) is 3. The molecular formula is C22H24N2O4S. The number of rotatable bonds is 6. The maximum Gasteiger partial charge on any atom is 0.305 e. The van der Waals surface area contributed by atoms with Gasteiger partial charge in [0.15, 0.2) is 0 Å². The summed E-state index contributed by atoms with van der Waals surface area (Å²) in [4.78, 5) is 11.4. The van der Waals surface area contributed by atoms with E-state index in [0.29, 0.717) is 6.54 Å². The topological polar surface area (TPSA) is 79.6 Å². The van der Waals surface area contributed by atoms with Crippen molar-refractivity contribution in [2.75, 3.05) is 7.05 Å². The quantitative estimate of drug-likeness (QED) is 0.668. The van der Waals surface area contributed by atoms with Crippen molar-refractivity contribution in [1.82, 2.24) is 8.87 Å². The van der Waals surface area contributed by atoms with E-state index in [-0.39, 0.29) is 17.4 Å². The first kappa shape index (κ1) is 19.7. The summed E-state index contributed by atoms with van der Waals surface area (Å²) in [6.07, 6.45) is 2.45. The molecular weight excluding hydrogens is 388 g/mol. The summed E-state index contributed by atoms with van der Waals surface area (Å²) in [7, 11) is -1.99. The van der Waals surface area contributed by atoms with Gasteiger partial charge < -0.3 is 9.67 Å². The molecule has 6 nitrogen and oxygen atoms in total. The molecule has 7 heteroatoms. The molecule has 3 aromatic rings. The van der Waals surface area contributed by atoms with Crippen LogP contribution in [0.25, 0.3) is 10.9 Å². The molecule has 1 aliphatic rings. The maximum atomic E-state index is 13.2. The van der Waals surface area contributed by atoms with Crippen LogP contribution in [0.4, 0.5) is 0 Å². The van der Waals surface area contributed by atoms with E-state index in [1.54, 1.807) is 37.4 Å². The Hall–Kier alpha value is -2.64. The van der Waals surface area contributed by atoms with Crippen LogP contribution >= 0.6 is 0 Å². The summed E-state index contributed by atoms with van der Waals surface area (Å²) < 4.78 is 30.0. The number of fused-ring (bicyclic) bond motifs is 3. The van der Waals surface area contributed by atoms with E-state index in [9.17, 15) is 13.2 Å². The van der Waals surface area contributed by atoms with Gasteiger partial charge in [0, 0.05) is 30.2 Å². The van der Waals surface area contributed by atoms with Gasteiger partial charge in [0.2, 0.25) is 10.0 Å². The maximum absolute atomic E-state index is 13.2. The van der Waals surface area contributed by atoms with Gasteiger partial charge in [-0.3, -0.25) is 4.79 Å². The molecule has 0 radical (unpaired) electrons. The summed E-state index contributed by atoms with van der Waals surface area (Å²) in [5, 5.41) is 10.2. The molecule has 1 atom stereocenters. The molecule has 1 unspecified atom stereocenters. The Morgan fingerprint density at radius 2 is 1.83 bits per heavy atom. The molecule has 152 valence electrons. The normalized spacial score (nSPS) is 16.8. The molecule has 0 saturated carbocycles. The minimum absolute atomic E-state index is 0.0356. The second-order valence-electron chi connectivity index (χ2n) is 7.42. The van der Waals surface area contributed by atoms with Crippen molar-refractivity contribution in [3.05, 3.63) is 65.9 Å². The fraction of sp³-hybridized carbons (Fsp3) is 0.318. The molecule has 2 aromatic carbocycles. The van der Waals surface area contributed by atoms with Gasteiger partial charge in [-0.05, 0) is 43.0 Å². The lowest BCUT2D eigenvalue weighted by Gasteiger charge is -2.32. The standard InChI is InChI=1S/C22H24N2O4S/c1-23(29(27,28)16-8-3-2-4-9-16)19-12-7-13-20-22(19)17-10-5-6-11-18(17)24(20)15-14-21(25)26/h2-6,8-11,19H,7,12-15H2,1H3,(H,25,26). The van der Waals surface area contributed by atoms with Crippen LogP contribution < -0.4 is 0 Å². The summed E-state index contributed by atoms with van der Waals surface area (Å²) in [6.45, 7) is 0.382. The minimum Gasteiger partial charge on any atom is -0.481 e. The Morgan fingerprint density at radius 1 is 1.14 bits per heavy atom. The fourth-order valence-electron chi connectivity index (χ4n) is 4.38. The molecule has 4 rings (SSSR count). The van der Waals surface area contributed by atoms with Gasteiger partial charge in [-0.2, -0.15) is 4.31 Å². The first-order valence-corrected chi connectivity index (χ1v) is 11.2. The van der Waals surface area contributed by atoms with Gasteiger partial charge in [0.25, 0.3) is 0 Å². The lowest BCUT2D eigenvalue weighted by molar-refractivity contribution is -0.137. The second-order valence-corrected chi connectivity index (χ2v) is 9.41. The summed E-state index contributed by atoms with van der Waals surface area (Å²) in [5.41, 5.74) is 3.04. The highest BCUT2D eigenvalue weighted by Gasteiger charge is 2.35. The molecule has 1 heterocycles. The smallest absolute Gasteiger partial charge is 0.305 e. The Bertz CT molecular complexity index is 1150. The van der Waals surface area contributed by atoms with Crippen LogP contribution in [0.15, 0.2) is 59.5 Å². The number of aromatic nitrogens is 1. The van der Waals surface area contributed by atoms with Crippen LogP contribution in [0.2, 0.25) is 0 Å². The lowest BCUT2D eigenvalue weighted by atomic mass is 9.91. The molecule has 0 spiro atoms. The van der Waals surface area contributed by atoms with Crippen molar-refractivity contribution < 1.29 is 18.3 Å². The SMILES string of the molecule is CN(C1CCCc2c1c1ccccc1n2CCC(=O)O)S(=O)(=O)c1ccccc1. The first-order valence-electron chi connectivity index (χ1n) is 9.76. The molecule has 0 bridgehead atoms. The Kier molecular flexibility index (Phi) is 5.19. The largest absolute Gasteiger partial charge is 0.481 e. The Morgan fingerprint density at radius 3 is 2.55 bits per heavy atom. The summed E-state index contributed by atoms with van der Waals surface area (Å²) in [6, 6.07) is 16.1.